The molecule has 0 bridgehead atoms. The van der Waals surface area contributed by atoms with Crippen molar-refractivity contribution in [1.29, 1.82) is 0 Å². The number of aromatic hydroxyl groups is 1. The van der Waals surface area contributed by atoms with E-state index in [-0.39, 0.29) is 11.5 Å². The number of phenols is 1. The van der Waals surface area contributed by atoms with Gasteiger partial charge >= 0.3 is 0 Å². The van der Waals surface area contributed by atoms with E-state index >= 15 is 0 Å². The number of halogens is 2. The van der Waals surface area contributed by atoms with Gasteiger partial charge in [0.1, 0.15) is 5.75 Å². The first-order chi connectivity index (χ1) is 8.09. The van der Waals surface area contributed by atoms with Crippen LogP contribution in [0.25, 0.3) is 10.8 Å². The average molecular weight is 235 g/mol. The Labute approximate surface area is 97.2 Å². The minimum Gasteiger partial charge on any atom is -0.507 e. The van der Waals surface area contributed by atoms with Crippen molar-refractivity contribution in [3.05, 3.63) is 36.4 Å². The van der Waals surface area contributed by atoms with Crippen LogP contribution in [0.2, 0.25) is 0 Å². The second kappa shape index (κ2) is 4.49. The molecule has 0 saturated heterocycles. The van der Waals surface area contributed by atoms with E-state index in [9.17, 15) is 13.9 Å². The molecule has 1 N–H and O–H groups in total. The molecule has 2 nitrogen and oxygen atoms in total. The van der Waals surface area contributed by atoms with Crippen molar-refractivity contribution in [2.45, 2.75) is 13.3 Å². The number of alkyl halides is 2. The molecule has 2 rings (SSSR count). The molecule has 2 aromatic rings. The van der Waals surface area contributed by atoms with Crippen molar-refractivity contribution in [2.75, 3.05) is 0 Å². The van der Waals surface area contributed by atoms with Gasteiger partial charge in [-0.2, -0.15) is 0 Å². The Morgan fingerprint density at radius 2 is 1.76 bits per heavy atom. The summed E-state index contributed by atoms with van der Waals surface area (Å²) in [5.41, 5.74) is 0.206. The summed E-state index contributed by atoms with van der Waals surface area (Å²) in [6, 6.07) is 10.0. The minimum atomic E-state index is -2.57. The Balaban J connectivity index is 2.63. The number of hydrogen-bond donors (Lipinski definition) is 1. The van der Waals surface area contributed by atoms with Crippen LogP contribution in [-0.2, 0) is 0 Å². The Morgan fingerprint density at radius 3 is 2.47 bits per heavy atom. The topological polar surface area (TPSA) is 32.6 Å². The van der Waals surface area contributed by atoms with Gasteiger partial charge in [-0.05, 0) is 19.1 Å². The summed E-state index contributed by atoms with van der Waals surface area (Å²) in [5, 5.41) is 10.9. The van der Waals surface area contributed by atoms with Gasteiger partial charge in [0, 0.05) is 10.8 Å². The van der Waals surface area contributed by atoms with Crippen molar-refractivity contribution in [2.24, 2.45) is 4.99 Å². The Morgan fingerprint density at radius 1 is 1.12 bits per heavy atom. The lowest BCUT2D eigenvalue weighted by Crippen LogP contribution is -2.03. The van der Waals surface area contributed by atoms with E-state index in [0.29, 0.717) is 16.5 Å². The Kier molecular flexibility index (Phi) is 3.04. The predicted octanol–water partition coefficient (Wildman–Crippen LogP) is 3.90. The third-order valence-electron chi connectivity index (χ3n) is 2.49. The lowest BCUT2D eigenvalue weighted by atomic mass is 10.1. The summed E-state index contributed by atoms with van der Waals surface area (Å²) in [6.45, 7) is 1.28. The number of benzene rings is 2. The number of fused-ring (bicyclic) bond motifs is 1. The molecule has 88 valence electrons. The summed E-state index contributed by atoms with van der Waals surface area (Å²) in [4.78, 5) is 3.88. The third-order valence-corrected chi connectivity index (χ3v) is 2.49. The fraction of sp³-hybridized carbons (Fsp3) is 0.154. The zero-order chi connectivity index (χ0) is 12.4. The van der Waals surface area contributed by atoms with Gasteiger partial charge in [0.25, 0.3) is 6.43 Å². The van der Waals surface area contributed by atoms with Crippen LogP contribution in [0.3, 0.4) is 0 Å². The van der Waals surface area contributed by atoms with Gasteiger partial charge in [-0.1, -0.05) is 24.3 Å². The van der Waals surface area contributed by atoms with E-state index in [4.69, 9.17) is 0 Å². The average Bonchev–Trinajstić information content (AvgIpc) is 2.30. The van der Waals surface area contributed by atoms with Crippen molar-refractivity contribution in [1.82, 2.24) is 0 Å². The van der Waals surface area contributed by atoms with Gasteiger partial charge in [0.15, 0.2) is 0 Å². The summed E-state index contributed by atoms with van der Waals surface area (Å²) in [6.07, 6.45) is -2.57. The first-order valence-corrected chi connectivity index (χ1v) is 5.13. The molecule has 0 aliphatic rings. The standard InChI is InChI=1S/C13H11F2NO/c1-8(13(14)15)16-11-6-2-5-10-9(11)4-3-7-12(10)17/h2-7,13,17H,1H3/b16-8+. The van der Waals surface area contributed by atoms with Crippen LogP contribution < -0.4 is 0 Å². The molecule has 0 unspecified atom stereocenters. The van der Waals surface area contributed by atoms with Crippen LogP contribution in [0.15, 0.2) is 41.4 Å². The molecule has 0 heterocycles. The van der Waals surface area contributed by atoms with Gasteiger partial charge < -0.3 is 5.11 Å². The van der Waals surface area contributed by atoms with Gasteiger partial charge in [-0.3, -0.25) is 4.99 Å². The molecule has 17 heavy (non-hydrogen) atoms. The van der Waals surface area contributed by atoms with Crippen LogP contribution in [0.4, 0.5) is 14.5 Å². The molecule has 0 radical (unpaired) electrons. The summed E-state index contributed by atoms with van der Waals surface area (Å²) < 4.78 is 24.8. The molecule has 0 fully saturated rings. The Hall–Kier alpha value is -1.97. The SMILES string of the molecule is C/C(=N\c1cccc2c(O)cccc12)C(F)F. The van der Waals surface area contributed by atoms with Crippen LogP contribution >= 0.6 is 0 Å². The van der Waals surface area contributed by atoms with Crippen LogP contribution in [0, 0.1) is 0 Å². The summed E-state index contributed by atoms with van der Waals surface area (Å²) >= 11 is 0. The van der Waals surface area contributed by atoms with Crippen LogP contribution in [-0.4, -0.2) is 17.2 Å². The largest absolute Gasteiger partial charge is 0.507 e. The second-order valence-electron chi connectivity index (χ2n) is 3.70. The number of hydrogen-bond acceptors (Lipinski definition) is 2. The maximum absolute atomic E-state index is 12.4. The van der Waals surface area contributed by atoms with E-state index in [1.165, 1.54) is 6.92 Å². The smallest absolute Gasteiger partial charge is 0.276 e. The molecule has 0 atom stereocenters. The number of rotatable bonds is 2. The molecular weight excluding hydrogens is 224 g/mol. The fourth-order valence-corrected chi connectivity index (χ4v) is 1.61. The van der Waals surface area contributed by atoms with Crippen molar-refractivity contribution in [3.63, 3.8) is 0 Å². The Bertz CT molecular complexity index is 579. The molecular formula is C13H11F2NO. The predicted molar refractivity (Wildman–Crippen MR) is 64.4 cm³/mol. The molecule has 0 amide bonds. The highest BCUT2D eigenvalue weighted by molar-refractivity contribution is 5.99. The maximum Gasteiger partial charge on any atom is 0.276 e. The highest BCUT2D eigenvalue weighted by Gasteiger charge is 2.08. The quantitative estimate of drug-likeness (QED) is 0.786. The van der Waals surface area contributed by atoms with E-state index in [1.807, 2.05) is 0 Å². The van der Waals surface area contributed by atoms with E-state index in [2.05, 4.69) is 4.99 Å². The highest BCUT2D eigenvalue weighted by Crippen LogP contribution is 2.31. The summed E-state index contributed by atoms with van der Waals surface area (Å²) in [5.74, 6) is 0.120. The van der Waals surface area contributed by atoms with Crippen molar-refractivity contribution in [3.8, 4) is 5.75 Å². The first kappa shape index (κ1) is 11.5. The van der Waals surface area contributed by atoms with Crippen LogP contribution in [0.5, 0.6) is 5.75 Å². The second-order valence-corrected chi connectivity index (χ2v) is 3.70. The zero-order valence-corrected chi connectivity index (χ0v) is 9.19. The monoisotopic (exact) mass is 235 g/mol. The van der Waals surface area contributed by atoms with E-state index < -0.39 is 6.43 Å². The molecule has 2 aromatic carbocycles. The fourth-order valence-electron chi connectivity index (χ4n) is 1.61. The van der Waals surface area contributed by atoms with Crippen molar-refractivity contribution >= 4 is 22.2 Å². The zero-order valence-electron chi connectivity index (χ0n) is 9.19. The normalized spacial score (nSPS) is 12.4. The number of aliphatic imine (C=N–C) groups is 1. The molecule has 0 aromatic heterocycles. The van der Waals surface area contributed by atoms with Crippen molar-refractivity contribution < 1.29 is 13.9 Å². The maximum atomic E-state index is 12.4. The lowest BCUT2D eigenvalue weighted by molar-refractivity contribution is 0.225. The minimum absolute atomic E-state index is 0.120. The highest BCUT2D eigenvalue weighted by atomic mass is 19.3. The van der Waals surface area contributed by atoms with Gasteiger partial charge in [0.05, 0.1) is 11.4 Å². The van der Waals surface area contributed by atoms with E-state index in [0.717, 1.165) is 0 Å². The molecule has 0 spiro atoms. The van der Waals surface area contributed by atoms with Gasteiger partial charge in [0.2, 0.25) is 0 Å². The summed E-state index contributed by atoms with van der Waals surface area (Å²) in [7, 11) is 0. The van der Waals surface area contributed by atoms with Crippen LogP contribution in [0.1, 0.15) is 6.92 Å². The van der Waals surface area contributed by atoms with Gasteiger partial charge in [-0.25, -0.2) is 8.78 Å². The molecule has 4 heteroatoms. The lowest BCUT2D eigenvalue weighted by Gasteiger charge is -2.05. The van der Waals surface area contributed by atoms with Gasteiger partial charge in [-0.15, -0.1) is 0 Å². The molecule has 0 saturated carbocycles. The molecule has 0 aliphatic carbocycles. The first-order valence-electron chi connectivity index (χ1n) is 5.13. The number of nitrogens with zero attached hydrogens (tertiary/aromatic N) is 1. The number of phenolic OH excluding ortho intramolecular Hbond substituents is 1. The molecule has 0 aliphatic heterocycles. The third kappa shape index (κ3) is 2.25. The van der Waals surface area contributed by atoms with E-state index in [1.54, 1.807) is 36.4 Å².